The van der Waals surface area contributed by atoms with Crippen LogP contribution in [-0.2, 0) is 11.3 Å². The first-order valence-electron chi connectivity index (χ1n) is 6.71. The molecule has 2 saturated heterocycles. The molecule has 2 aliphatic heterocycles. The van der Waals surface area contributed by atoms with Crippen molar-refractivity contribution >= 4 is 0 Å². The minimum Gasteiger partial charge on any atom is -0.375 e. The molecule has 94 valence electrons. The summed E-state index contributed by atoms with van der Waals surface area (Å²) in [6.07, 6.45) is 9.53. The number of fused-ring (bicyclic) bond motifs is 2. The molecule has 4 unspecified atom stereocenters. The summed E-state index contributed by atoms with van der Waals surface area (Å²) < 4.78 is 7.86. The molecule has 0 saturated carbocycles. The molecule has 2 N–H and O–H groups in total. The number of aryl methyl sites for hydroxylation is 1. The van der Waals surface area contributed by atoms with Crippen molar-refractivity contribution in [2.24, 2.45) is 11.7 Å². The lowest BCUT2D eigenvalue weighted by Gasteiger charge is -2.24. The van der Waals surface area contributed by atoms with E-state index in [2.05, 4.69) is 18.2 Å². The first-order chi connectivity index (χ1) is 8.28. The van der Waals surface area contributed by atoms with Crippen LogP contribution in [0.25, 0.3) is 0 Å². The summed E-state index contributed by atoms with van der Waals surface area (Å²) in [4.78, 5) is 0. The van der Waals surface area contributed by atoms with Crippen molar-refractivity contribution in [3.05, 3.63) is 18.0 Å². The number of nitrogens with zero attached hydrogens (tertiary/aromatic N) is 2. The van der Waals surface area contributed by atoms with Gasteiger partial charge in [0, 0.05) is 30.3 Å². The van der Waals surface area contributed by atoms with Crippen molar-refractivity contribution in [3.8, 4) is 0 Å². The van der Waals surface area contributed by atoms with Crippen LogP contribution in [0.3, 0.4) is 0 Å². The van der Waals surface area contributed by atoms with Crippen molar-refractivity contribution in [2.75, 3.05) is 0 Å². The smallest absolute Gasteiger partial charge is 0.0627 e. The van der Waals surface area contributed by atoms with Crippen LogP contribution < -0.4 is 5.73 Å². The molecule has 3 rings (SSSR count). The average molecular weight is 235 g/mol. The maximum Gasteiger partial charge on any atom is 0.0627 e. The monoisotopic (exact) mass is 235 g/mol. The van der Waals surface area contributed by atoms with E-state index in [1.54, 1.807) is 0 Å². The highest BCUT2D eigenvalue weighted by molar-refractivity contribution is 5.13. The van der Waals surface area contributed by atoms with Crippen LogP contribution in [-0.4, -0.2) is 22.0 Å². The topological polar surface area (TPSA) is 53.1 Å². The zero-order valence-electron chi connectivity index (χ0n) is 10.4. The molecule has 2 fully saturated rings. The molecule has 0 aliphatic carbocycles. The Morgan fingerprint density at radius 2 is 2.47 bits per heavy atom. The van der Waals surface area contributed by atoms with E-state index < -0.39 is 0 Å². The molecule has 2 bridgehead atoms. The molecule has 4 nitrogen and oxygen atoms in total. The minimum atomic E-state index is 0.0934. The number of rotatable bonds is 4. The molecule has 0 spiro atoms. The van der Waals surface area contributed by atoms with Gasteiger partial charge in [0.2, 0.25) is 0 Å². The first kappa shape index (κ1) is 11.2. The second-order valence-electron chi connectivity index (χ2n) is 5.34. The fraction of sp³-hybridized carbons (Fsp3) is 0.769. The normalized spacial score (nSPS) is 33.2. The minimum absolute atomic E-state index is 0.0934. The number of nitrogens with two attached hydrogens (primary N) is 1. The lowest BCUT2D eigenvalue weighted by Crippen LogP contribution is -2.29. The largest absolute Gasteiger partial charge is 0.375 e. The third-order valence-corrected chi connectivity index (χ3v) is 4.11. The van der Waals surface area contributed by atoms with Gasteiger partial charge in [-0.2, -0.15) is 5.10 Å². The molecular formula is C13H21N3O. The fourth-order valence-corrected chi connectivity index (χ4v) is 3.21. The van der Waals surface area contributed by atoms with Gasteiger partial charge in [-0.3, -0.25) is 4.68 Å². The van der Waals surface area contributed by atoms with Gasteiger partial charge in [-0.25, -0.2) is 0 Å². The molecule has 4 heteroatoms. The van der Waals surface area contributed by atoms with Gasteiger partial charge >= 0.3 is 0 Å². The van der Waals surface area contributed by atoms with Crippen LogP contribution in [0.2, 0.25) is 0 Å². The predicted octanol–water partition coefficient (Wildman–Crippen LogP) is 1.86. The van der Waals surface area contributed by atoms with Crippen LogP contribution in [0.5, 0.6) is 0 Å². The summed E-state index contributed by atoms with van der Waals surface area (Å²) in [5.41, 5.74) is 7.53. The van der Waals surface area contributed by atoms with Gasteiger partial charge in [0.25, 0.3) is 0 Å². The number of aromatic nitrogens is 2. The Hall–Kier alpha value is -0.870. The Morgan fingerprint density at radius 3 is 3.12 bits per heavy atom. The highest BCUT2D eigenvalue weighted by Gasteiger charge is 2.43. The van der Waals surface area contributed by atoms with Crippen LogP contribution in [0.15, 0.2) is 12.4 Å². The van der Waals surface area contributed by atoms with E-state index in [0.29, 0.717) is 18.1 Å². The Kier molecular flexibility index (Phi) is 2.92. The summed E-state index contributed by atoms with van der Waals surface area (Å²) in [5.74, 6) is 0.494. The Bertz CT molecular complexity index is 390. The molecule has 3 heterocycles. The van der Waals surface area contributed by atoms with Gasteiger partial charge in [-0.15, -0.1) is 0 Å². The van der Waals surface area contributed by atoms with Crippen LogP contribution in [0.4, 0.5) is 0 Å². The summed E-state index contributed by atoms with van der Waals surface area (Å²) in [6.45, 7) is 3.13. The second kappa shape index (κ2) is 4.42. The van der Waals surface area contributed by atoms with E-state index in [1.807, 2.05) is 10.9 Å². The summed E-state index contributed by atoms with van der Waals surface area (Å²) in [5, 5.41) is 4.36. The lowest BCUT2D eigenvalue weighted by atomic mass is 9.82. The average Bonchev–Trinajstić information content (AvgIpc) is 3.03. The molecule has 1 aromatic rings. The van der Waals surface area contributed by atoms with E-state index in [9.17, 15) is 0 Å². The van der Waals surface area contributed by atoms with E-state index in [1.165, 1.54) is 18.4 Å². The van der Waals surface area contributed by atoms with Crippen LogP contribution >= 0.6 is 0 Å². The Labute approximate surface area is 102 Å². The van der Waals surface area contributed by atoms with E-state index in [-0.39, 0.29) is 6.04 Å². The van der Waals surface area contributed by atoms with Crippen molar-refractivity contribution in [2.45, 2.75) is 57.4 Å². The maximum atomic E-state index is 6.36. The van der Waals surface area contributed by atoms with E-state index >= 15 is 0 Å². The van der Waals surface area contributed by atoms with E-state index in [4.69, 9.17) is 10.5 Å². The molecule has 0 amide bonds. The quantitative estimate of drug-likeness (QED) is 0.866. The van der Waals surface area contributed by atoms with Gasteiger partial charge < -0.3 is 10.5 Å². The number of hydrogen-bond acceptors (Lipinski definition) is 3. The second-order valence-corrected chi connectivity index (χ2v) is 5.34. The standard InChI is InChI=1S/C13H21N3O/c1-2-5-16-8-9(7-15-16)13(14)11-6-10-3-4-12(11)17-10/h7-8,10-13H,2-6,14H2,1H3. The summed E-state index contributed by atoms with van der Waals surface area (Å²) >= 11 is 0. The highest BCUT2D eigenvalue weighted by Crippen LogP contribution is 2.43. The third-order valence-electron chi connectivity index (χ3n) is 4.11. The zero-order chi connectivity index (χ0) is 11.8. The molecule has 17 heavy (non-hydrogen) atoms. The number of hydrogen-bond donors (Lipinski definition) is 1. The van der Waals surface area contributed by atoms with Gasteiger partial charge in [-0.05, 0) is 25.7 Å². The summed E-state index contributed by atoms with van der Waals surface area (Å²) in [6, 6.07) is 0.0934. The Balaban J connectivity index is 1.70. The van der Waals surface area contributed by atoms with Crippen LogP contribution in [0.1, 0.15) is 44.2 Å². The van der Waals surface area contributed by atoms with Gasteiger partial charge in [0.15, 0.2) is 0 Å². The molecule has 2 aliphatic rings. The van der Waals surface area contributed by atoms with Gasteiger partial charge in [-0.1, -0.05) is 6.92 Å². The van der Waals surface area contributed by atoms with Gasteiger partial charge in [0.1, 0.15) is 0 Å². The van der Waals surface area contributed by atoms with Crippen LogP contribution in [0, 0.1) is 5.92 Å². The number of ether oxygens (including phenoxy) is 1. The van der Waals surface area contributed by atoms with Crippen molar-refractivity contribution in [3.63, 3.8) is 0 Å². The molecule has 0 aromatic carbocycles. The zero-order valence-corrected chi connectivity index (χ0v) is 10.4. The fourth-order valence-electron chi connectivity index (χ4n) is 3.21. The Morgan fingerprint density at radius 1 is 1.59 bits per heavy atom. The lowest BCUT2D eigenvalue weighted by molar-refractivity contribution is 0.0885. The van der Waals surface area contributed by atoms with E-state index in [0.717, 1.165) is 19.4 Å². The SMILES string of the molecule is CCCn1cc(C(N)C2CC3CCC2O3)cn1. The molecule has 4 atom stereocenters. The van der Waals surface area contributed by atoms with Crippen molar-refractivity contribution in [1.29, 1.82) is 0 Å². The predicted molar refractivity (Wildman–Crippen MR) is 65.4 cm³/mol. The summed E-state index contributed by atoms with van der Waals surface area (Å²) in [7, 11) is 0. The highest BCUT2D eigenvalue weighted by atomic mass is 16.5. The first-order valence-corrected chi connectivity index (χ1v) is 6.71. The molecular weight excluding hydrogens is 214 g/mol. The maximum absolute atomic E-state index is 6.36. The third kappa shape index (κ3) is 2.00. The van der Waals surface area contributed by atoms with Gasteiger partial charge in [0.05, 0.1) is 18.4 Å². The molecule has 0 radical (unpaired) electrons. The van der Waals surface area contributed by atoms with Crippen molar-refractivity contribution in [1.82, 2.24) is 9.78 Å². The van der Waals surface area contributed by atoms with Crippen molar-refractivity contribution < 1.29 is 4.74 Å². The molecule has 1 aromatic heterocycles.